The van der Waals surface area contributed by atoms with Crippen LogP contribution in [0.3, 0.4) is 0 Å². The van der Waals surface area contributed by atoms with E-state index in [4.69, 9.17) is 0 Å². The predicted molar refractivity (Wildman–Crippen MR) is 74.3 cm³/mol. The summed E-state index contributed by atoms with van der Waals surface area (Å²) in [7, 11) is 0. The Morgan fingerprint density at radius 3 is 2.00 bits per heavy atom. The van der Waals surface area contributed by atoms with Gasteiger partial charge in [0, 0.05) is 38.8 Å². The molecule has 1 aliphatic heterocycles. The van der Waals surface area contributed by atoms with Crippen LogP contribution in [0, 0.1) is 5.92 Å². The minimum atomic E-state index is 0.869. The molecule has 0 aromatic carbocycles. The highest BCUT2D eigenvalue weighted by atomic mass is 15.3. The SMILES string of the molecule is CCCC(CCC)N1CCN(CC2CC2)CC1. The Labute approximate surface area is 107 Å². The quantitative estimate of drug-likeness (QED) is 0.673. The second kappa shape index (κ2) is 6.75. The van der Waals surface area contributed by atoms with Crippen molar-refractivity contribution in [2.45, 2.75) is 58.4 Å². The first kappa shape index (κ1) is 13.4. The highest BCUT2D eigenvalue weighted by Gasteiger charge is 2.27. The Morgan fingerprint density at radius 1 is 0.941 bits per heavy atom. The summed E-state index contributed by atoms with van der Waals surface area (Å²) in [6.45, 7) is 11.3. The summed E-state index contributed by atoms with van der Waals surface area (Å²) < 4.78 is 0. The van der Waals surface area contributed by atoms with Gasteiger partial charge in [0.1, 0.15) is 0 Å². The van der Waals surface area contributed by atoms with Crippen molar-refractivity contribution in [3.05, 3.63) is 0 Å². The van der Waals surface area contributed by atoms with E-state index in [0.717, 1.165) is 12.0 Å². The van der Waals surface area contributed by atoms with E-state index in [1.165, 1.54) is 71.2 Å². The fraction of sp³-hybridized carbons (Fsp3) is 1.00. The van der Waals surface area contributed by atoms with Crippen LogP contribution in [0.5, 0.6) is 0 Å². The highest BCUT2D eigenvalue weighted by molar-refractivity contribution is 4.82. The molecule has 2 fully saturated rings. The van der Waals surface area contributed by atoms with Gasteiger partial charge >= 0.3 is 0 Å². The van der Waals surface area contributed by atoms with Crippen LogP contribution in [0.4, 0.5) is 0 Å². The molecule has 2 nitrogen and oxygen atoms in total. The highest BCUT2D eigenvalue weighted by Crippen LogP contribution is 2.30. The second-order valence-electron chi connectivity index (χ2n) is 6.01. The van der Waals surface area contributed by atoms with E-state index in [-0.39, 0.29) is 0 Å². The molecule has 0 bridgehead atoms. The van der Waals surface area contributed by atoms with Crippen molar-refractivity contribution in [2.24, 2.45) is 5.92 Å². The Morgan fingerprint density at radius 2 is 1.53 bits per heavy atom. The molecule has 0 radical (unpaired) electrons. The Balaban J connectivity index is 1.71. The Kier molecular flexibility index (Phi) is 5.30. The van der Waals surface area contributed by atoms with Crippen LogP contribution >= 0.6 is 0 Å². The van der Waals surface area contributed by atoms with Gasteiger partial charge in [-0.05, 0) is 31.6 Å². The summed E-state index contributed by atoms with van der Waals surface area (Å²) in [4.78, 5) is 5.46. The molecule has 0 aromatic heterocycles. The minimum absolute atomic E-state index is 0.869. The molecule has 17 heavy (non-hydrogen) atoms. The van der Waals surface area contributed by atoms with E-state index in [0.29, 0.717) is 0 Å². The van der Waals surface area contributed by atoms with E-state index < -0.39 is 0 Å². The second-order valence-corrected chi connectivity index (χ2v) is 6.01. The lowest BCUT2D eigenvalue weighted by Crippen LogP contribution is -2.50. The molecule has 1 heterocycles. The number of rotatable bonds is 7. The molecule has 2 rings (SSSR count). The molecule has 0 aromatic rings. The topological polar surface area (TPSA) is 6.48 Å². The van der Waals surface area contributed by atoms with E-state index in [9.17, 15) is 0 Å². The van der Waals surface area contributed by atoms with Crippen molar-refractivity contribution in [3.63, 3.8) is 0 Å². The molecule has 1 saturated carbocycles. The van der Waals surface area contributed by atoms with Crippen LogP contribution in [-0.4, -0.2) is 48.6 Å². The van der Waals surface area contributed by atoms with Crippen molar-refractivity contribution in [1.82, 2.24) is 9.80 Å². The molecule has 1 aliphatic carbocycles. The van der Waals surface area contributed by atoms with Crippen LogP contribution < -0.4 is 0 Å². The minimum Gasteiger partial charge on any atom is -0.301 e. The van der Waals surface area contributed by atoms with Gasteiger partial charge in [0.2, 0.25) is 0 Å². The van der Waals surface area contributed by atoms with Crippen molar-refractivity contribution < 1.29 is 0 Å². The van der Waals surface area contributed by atoms with Gasteiger partial charge in [-0.25, -0.2) is 0 Å². The zero-order chi connectivity index (χ0) is 12.1. The summed E-state index contributed by atoms with van der Waals surface area (Å²) >= 11 is 0. The van der Waals surface area contributed by atoms with Crippen LogP contribution in [0.2, 0.25) is 0 Å². The van der Waals surface area contributed by atoms with Gasteiger partial charge in [0.05, 0.1) is 0 Å². The largest absolute Gasteiger partial charge is 0.301 e. The van der Waals surface area contributed by atoms with Gasteiger partial charge in [-0.1, -0.05) is 26.7 Å². The number of hydrogen-bond acceptors (Lipinski definition) is 2. The van der Waals surface area contributed by atoms with Gasteiger partial charge in [-0.2, -0.15) is 0 Å². The van der Waals surface area contributed by atoms with Gasteiger partial charge in [-0.15, -0.1) is 0 Å². The van der Waals surface area contributed by atoms with Crippen LogP contribution in [0.1, 0.15) is 52.4 Å². The fourth-order valence-corrected chi connectivity index (χ4v) is 3.15. The first-order chi connectivity index (χ1) is 8.33. The molecular weight excluding hydrogens is 208 g/mol. The number of nitrogens with zero attached hydrogens (tertiary/aromatic N) is 2. The summed E-state index contributed by atoms with van der Waals surface area (Å²) in [5.41, 5.74) is 0. The zero-order valence-electron chi connectivity index (χ0n) is 11.8. The monoisotopic (exact) mass is 238 g/mol. The van der Waals surface area contributed by atoms with Crippen molar-refractivity contribution >= 4 is 0 Å². The van der Waals surface area contributed by atoms with Crippen molar-refractivity contribution in [1.29, 1.82) is 0 Å². The van der Waals surface area contributed by atoms with Gasteiger partial charge < -0.3 is 4.90 Å². The predicted octanol–water partition coefficient (Wildman–Crippen LogP) is 2.98. The first-order valence-corrected chi connectivity index (χ1v) is 7.79. The van der Waals surface area contributed by atoms with Crippen LogP contribution in [0.25, 0.3) is 0 Å². The molecule has 0 amide bonds. The molecule has 0 spiro atoms. The van der Waals surface area contributed by atoms with E-state index >= 15 is 0 Å². The summed E-state index contributed by atoms with van der Waals surface area (Å²) in [6.07, 6.45) is 8.47. The van der Waals surface area contributed by atoms with Gasteiger partial charge in [0.15, 0.2) is 0 Å². The van der Waals surface area contributed by atoms with E-state index in [1.54, 1.807) is 0 Å². The Bertz CT molecular complexity index is 199. The fourth-order valence-electron chi connectivity index (χ4n) is 3.15. The van der Waals surface area contributed by atoms with Gasteiger partial charge in [-0.3, -0.25) is 4.90 Å². The van der Waals surface area contributed by atoms with Crippen LogP contribution in [-0.2, 0) is 0 Å². The normalized spacial score (nSPS) is 23.5. The van der Waals surface area contributed by atoms with Gasteiger partial charge in [0.25, 0.3) is 0 Å². The molecule has 1 saturated heterocycles. The van der Waals surface area contributed by atoms with Crippen molar-refractivity contribution in [3.8, 4) is 0 Å². The molecule has 0 atom stereocenters. The van der Waals surface area contributed by atoms with E-state index in [1.807, 2.05) is 0 Å². The Hall–Kier alpha value is -0.0800. The standard InChI is InChI=1S/C15H30N2/c1-3-5-15(6-4-2)17-11-9-16(10-12-17)13-14-7-8-14/h14-15H,3-13H2,1-2H3. The maximum absolute atomic E-state index is 2.76. The number of piperazine rings is 1. The lowest BCUT2D eigenvalue weighted by Gasteiger charge is -2.39. The van der Waals surface area contributed by atoms with Crippen molar-refractivity contribution in [2.75, 3.05) is 32.7 Å². The third-order valence-electron chi connectivity index (χ3n) is 4.38. The summed E-state index contributed by atoms with van der Waals surface area (Å²) in [5, 5.41) is 0. The molecule has 2 aliphatic rings. The lowest BCUT2D eigenvalue weighted by atomic mass is 10.0. The average molecular weight is 238 g/mol. The van der Waals surface area contributed by atoms with Crippen LogP contribution in [0.15, 0.2) is 0 Å². The molecule has 0 N–H and O–H groups in total. The molecular formula is C15H30N2. The maximum atomic E-state index is 2.76. The summed E-state index contributed by atoms with van der Waals surface area (Å²) in [6, 6.07) is 0.869. The first-order valence-electron chi connectivity index (χ1n) is 7.79. The smallest absolute Gasteiger partial charge is 0.0113 e. The maximum Gasteiger partial charge on any atom is 0.0113 e. The summed E-state index contributed by atoms with van der Waals surface area (Å²) in [5.74, 6) is 1.06. The molecule has 2 heteroatoms. The zero-order valence-corrected chi connectivity index (χ0v) is 11.8. The van der Waals surface area contributed by atoms with E-state index in [2.05, 4.69) is 23.6 Å². The number of hydrogen-bond donors (Lipinski definition) is 0. The average Bonchev–Trinajstić information content (AvgIpc) is 3.14. The molecule has 0 unspecified atom stereocenters. The third kappa shape index (κ3) is 4.26. The third-order valence-corrected chi connectivity index (χ3v) is 4.38. The molecule has 100 valence electrons. The lowest BCUT2D eigenvalue weighted by molar-refractivity contribution is 0.0849.